The van der Waals surface area contributed by atoms with Crippen molar-refractivity contribution in [3.63, 3.8) is 0 Å². The second kappa shape index (κ2) is 8.50. The molecule has 1 atom stereocenters. The first-order chi connectivity index (χ1) is 7.94. The van der Waals surface area contributed by atoms with Crippen LogP contribution in [0.3, 0.4) is 0 Å². The van der Waals surface area contributed by atoms with Gasteiger partial charge in [0.1, 0.15) is 0 Å². The SMILES string of the molecule is CCOC(=O)CCCCCS(=O)(=O)C(C)CC. The average molecular weight is 264 g/mol. The minimum absolute atomic E-state index is 0.197. The van der Waals surface area contributed by atoms with Crippen LogP contribution in [-0.4, -0.2) is 32.0 Å². The summed E-state index contributed by atoms with van der Waals surface area (Å²) < 4.78 is 28.1. The number of sulfone groups is 1. The van der Waals surface area contributed by atoms with E-state index < -0.39 is 9.84 Å². The van der Waals surface area contributed by atoms with Crippen LogP contribution in [-0.2, 0) is 19.4 Å². The molecule has 5 heteroatoms. The maximum Gasteiger partial charge on any atom is 0.305 e. The summed E-state index contributed by atoms with van der Waals surface area (Å²) in [5.41, 5.74) is 0. The fraction of sp³-hybridized carbons (Fsp3) is 0.917. The van der Waals surface area contributed by atoms with Crippen LogP contribution in [0.5, 0.6) is 0 Å². The molecule has 0 aliphatic heterocycles. The second-order valence-corrected chi connectivity index (χ2v) is 6.74. The summed E-state index contributed by atoms with van der Waals surface area (Å²) in [5, 5.41) is -0.257. The Kier molecular flexibility index (Phi) is 8.21. The number of carbonyl (C=O) groups is 1. The zero-order valence-electron chi connectivity index (χ0n) is 11.1. The van der Waals surface area contributed by atoms with Crippen molar-refractivity contribution < 1.29 is 17.9 Å². The Morgan fingerprint density at radius 2 is 1.82 bits per heavy atom. The molecular formula is C12H24O4S. The average Bonchev–Trinajstić information content (AvgIpc) is 2.27. The Hall–Kier alpha value is -0.580. The van der Waals surface area contributed by atoms with Crippen LogP contribution in [0.1, 0.15) is 52.9 Å². The molecule has 0 aromatic carbocycles. The van der Waals surface area contributed by atoms with Crippen molar-refractivity contribution in [3.05, 3.63) is 0 Å². The molecule has 17 heavy (non-hydrogen) atoms. The predicted molar refractivity (Wildman–Crippen MR) is 68.6 cm³/mol. The molecule has 0 aromatic heterocycles. The van der Waals surface area contributed by atoms with Crippen LogP contribution in [0.2, 0.25) is 0 Å². The topological polar surface area (TPSA) is 60.4 Å². The van der Waals surface area contributed by atoms with E-state index in [1.807, 2.05) is 6.92 Å². The van der Waals surface area contributed by atoms with Crippen LogP contribution >= 0.6 is 0 Å². The Morgan fingerprint density at radius 1 is 1.18 bits per heavy atom. The van der Waals surface area contributed by atoms with Crippen molar-refractivity contribution in [2.24, 2.45) is 0 Å². The van der Waals surface area contributed by atoms with E-state index in [4.69, 9.17) is 4.74 Å². The molecular weight excluding hydrogens is 240 g/mol. The number of hydrogen-bond donors (Lipinski definition) is 0. The predicted octanol–water partition coefficient (Wildman–Crippen LogP) is 2.32. The van der Waals surface area contributed by atoms with E-state index in [1.54, 1.807) is 13.8 Å². The van der Waals surface area contributed by atoms with E-state index in [9.17, 15) is 13.2 Å². The van der Waals surface area contributed by atoms with Gasteiger partial charge in [0.25, 0.3) is 0 Å². The van der Waals surface area contributed by atoms with Gasteiger partial charge in [0.15, 0.2) is 9.84 Å². The molecule has 1 unspecified atom stereocenters. The zero-order valence-corrected chi connectivity index (χ0v) is 11.9. The Morgan fingerprint density at radius 3 is 2.35 bits per heavy atom. The highest BCUT2D eigenvalue weighted by Gasteiger charge is 2.17. The van der Waals surface area contributed by atoms with E-state index >= 15 is 0 Å². The van der Waals surface area contributed by atoms with Crippen LogP contribution in [0, 0.1) is 0 Å². The smallest absolute Gasteiger partial charge is 0.305 e. The standard InChI is InChI=1S/C12H24O4S/c1-4-11(3)17(14,15)10-8-6-7-9-12(13)16-5-2/h11H,4-10H2,1-3H3. The molecule has 0 radical (unpaired) electrons. The van der Waals surface area contributed by atoms with Gasteiger partial charge in [0.2, 0.25) is 0 Å². The normalized spacial score (nSPS) is 13.4. The van der Waals surface area contributed by atoms with Crippen LogP contribution in [0.15, 0.2) is 0 Å². The fourth-order valence-corrected chi connectivity index (χ4v) is 2.95. The lowest BCUT2D eigenvalue weighted by Gasteiger charge is -2.09. The number of rotatable bonds is 9. The van der Waals surface area contributed by atoms with Crippen molar-refractivity contribution in [1.82, 2.24) is 0 Å². The zero-order chi connectivity index (χ0) is 13.3. The van der Waals surface area contributed by atoms with E-state index in [1.165, 1.54) is 0 Å². The lowest BCUT2D eigenvalue weighted by atomic mass is 10.2. The van der Waals surface area contributed by atoms with Gasteiger partial charge in [0, 0.05) is 6.42 Å². The number of carbonyl (C=O) groups excluding carboxylic acids is 1. The molecule has 0 fully saturated rings. The Bertz CT molecular complexity index is 308. The van der Waals surface area contributed by atoms with Crippen molar-refractivity contribution in [1.29, 1.82) is 0 Å². The van der Waals surface area contributed by atoms with Crippen molar-refractivity contribution >= 4 is 15.8 Å². The molecule has 0 aromatic rings. The van der Waals surface area contributed by atoms with Gasteiger partial charge in [-0.15, -0.1) is 0 Å². The van der Waals surface area contributed by atoms with Gasteiger partial charge in [-0.3, -0.25) is 4.79 Å². The second-order valence-electron chi connectivity index (χ2n) is 4.20. The lowest BCUT2D eigenvalue weighted by molar-refractivity contribution is -0.143. The van der Waals surface area contributed by atoms with Gasteiger partial charge in [-0.1, -0.05) is 13.3 Å². The summed E-state index contributed by atoms with van der Waals surface area (Å²) >= 11 is 0. The lowest BCUT2D eigenvalue weighted by Crippen LogP contribution is -2.20. The van der Waals surface area contributed by atoms with Gasteiger partial charge in [-0.25, -0.2) is 8.42 Å². The molecule has 0 saturated heterocycles. The summed E-state index contributed by atoms with van der Waals surface area (Å²) in [5.74, 6) is 0.0301. The summed E-state index contributed by atoms with van der Waals surface area (Å²) in [7, 11) is -2.94. The summed E-state index contributed by atoms with van der Waals surface area (Å²) in [6.07, 6.45) is 3.14. The first-order valence-electron chi connectivity index (χ1n) is 6.31. The molecule has 0 aliphatic rings. The molecule has 0 aliphatic carbocycles. The van der Waals surface area contributed by atoms with Crippen LogP contribution < -0.4 is 0 Å². The van der Waals surface area contributed by atoms with Gasteiger partial charge >= 0.3 is 5.97 Å². The minimum atomic E-state index is -2.94. The number of unbranched alkanes of at least 4 members (excludes halogenated alkanes) is 2. The van der Waals surface area contributed by atoms with Gasteiger partial charge < -0.3 is 4.74 Å². The minimum Gasteiger partial charge on any atom is -0.466 e. The third-order valence-electron chi connectivity index (χ3n) is 2.80. The van der Waals surface area contributed by atoms with Gasteiger partial charge in [0.05, 0.1) is 17.6 Å². The molecule has 0 rings (SSSR count). The highest BCUT2D eigenvalue weighted by atomic mass is 32.2. The first kappa shape index (κ1) is 16.4. The van der Waals surface area contributed by atoms with E-state index in [0.717, 1.165) is 6.42 Å². The quantitative estimate of drug-likeness (QED) is 0.473. The van der Waals surface area contributed by atoms with Crippen molar-refractivity contribution in [2.45, 2.75) is 58.1 Å². The largest absolute Gasteiger partial charge is 0.466 e. The molecule has 0 N–H and O–H groups in total. The Labute approximate surface area is 105 Å². The molecule has 0 spiro atoms. The van der Waals surface area contributed by atoms with E-state index in [-0.39, 0.29) is 17.0 Å². The maximum atomic E-state index is 11.7. The highest BCUT2D eigenvalue weighted by molar-refractivity contribution is 7.91. The molecule has 102 valence electrons. The third-order valence-corrected chi connectivity index (χ3v) is 5.22. The van der Waals surface area contributed by atoms with E-state index in [0.29, 0.717) is 32.3 Å². The van der Waals surface area contributed by atoms with Crippen LogP contribution in [0.25, 0.3) is 0 Å². The van der Waals surface area contributed by atoms with Gasteiger partial charge in [-0.2, -0.15) is 0 Å². The summed E-state index contributed by atoms with van der Waals surface area (Å²) in [4.78, 5) is 11.0. The van der Waals surface area contributed by atoms with Crippen molar-refractivity contribution in [3.8, 4) is 0 Å². The Balaban J connectivity index is 3.68. The number of hydrogen-bond acceptors (Lipinski definition) is 4. The first-order valence-corrected chi connectivity index (χ1v) is 8.02. The van der Waals surface area contributed by atoms with Crippen molar-refractivity contribution in [2.75, 3.05) is 12.4 Å². The van der Waals surface area contributed by atoms with Gasteiger partial charge in [-0.05, 0) is 33.1 Å². The molecule has 0 amide bonds. The maximum absolute atomic E-state index is 11.7. The molecule has 0 heterocycles. The number of esters is 1. The number of ether oxygens (including phenoxy) is 1. The molecule has 4 nitrogen and oxygen atoms in total. The summed E-state index contributed by atoms with van der Waals surface area (Å²) in [6, 6.07) is 0. The van der Waals surface area contributed by atoms with E-state index in [2.05, 4.69) is 0 Å². The molecule has 0 saturated carbocycles. The van der Waals surface area contributed by atoms with Crippen LogP contribution in [0.4, 0.5) is 0 Å². The fourth-order valence-electron chi connectivity index (χ4n) is 1.44. The highest BCUT2D eigenvalue weighted by Crippen LogP contribution is 2.10. The monoisotopic (exact) mass is 264 g/mol. The summed E-state index contributed by atoms with van der Waals surface area (Å²) in [6.45, 7) is 5.80. The molecule has 0 bridgehead atoms. The third kappa shape index (κ3) is 7.36.